The van der Waals surface area contributed by atoms with Crippen molar-refractivity contribution >= 4 is 0 Å². The van der Waals surface area contributed by atoms with Gasteiger partial charge in [0.15, 0.2) is 0 Å². The van der Waals surface area contributed by atoms with Crippen molar-refractivity contribution < 1.29 is 0 Å². The van der Waals surface area contributed by atoms with Gasteiger partial charge >= 0.3 is 0 Å². The lowest BCUT2D eigenvalue weighted by molar-refractivity contribution is 0.166. The SMILES string of the molecule is Cc1cnn(CCN2CCNC[C@H]2C)c1. The molecule has 1 aliphatic heterocycles. The molecule has 0 spiro atoms. The van der Waals surface area contributed by atoms with E-state index < -0.39 is 0 Å². The number of nitrogens with one attached hydrogen (secondary N) is 1. The molecule has 1 aromatic heterocycles. The van der Waals surface area contributed by atoms with Gasteiger partial charge < -0.3 is 5.32 Å². The number of hydrogen-bond acceptors (Lipinski definition) is 3. The third kappa shape index (κ3) is 2.79. The smallest absolute Gasteiger partial charge is 0.0536 e. The Bertz CT molecular complexity index is 307. The molecule has 4 nitrogen and oxygen atoms in total. The van der Waals surface area contributed by atoms with Gasteiger partial charge in [-0.2, -0.15) is 5.10 Å². The molecule has 0 radical (unpaired) electrons. The number of hydrogen-bond donors (Lipinski definition) is 1. The van der Waals surface area contributed by atoms with Gasteiger partial charge in [0.05, 0.1) is 12.7 Å². The minimum atomic E-state index is 0.649. The monoisotopic (exact) mass is 208 g/mol. The highest BCUT2D eigenvalue weighted by Crippen LogP contribution is 2.03. The summed E-state index contributed by atoms with van der Waals surface area (Å²) in [6, 6.07) is 0.649. The molecule has 15 heavy (non-hydrogen) atoms. The zero-order chi connectivity index (χ0) is 10.7. The minimum absolute atomic E-state index is 0.649. The lowest BCUT2D eigenvalue weighted by Gasteiger charge is -2.33. The van der Waals surface area contributed by atoms with Gasteiger partial charge in [0.25, 0.3) is 0 Å². The normalized spacial score (nSPS) is 23.2. The summed E-state index contributed by atoms with van der Waals surface area (Å²) in [7, 11) is 0. The molecule has 1 saturated heterocycles. The van der Waals surface area contributed by atoms with Crippen LogP contribution < -0.4 is 5.32 Å². The van der Waals surface area contributed by atoms with Gasteiger partial charge in [-0.25, -0.2) is 0 Å². The van der Waals surface area contributed by atoms with E-state index in [-0.39, 0.29) is 0 Å². The van der Waals surface area contributed by atoms with Gasteiger partial charge in [-0.3, -0.25) is 9.58 Å². The Morgan fingerprint density at radius 2 is 2.40 bits per heavy atom. The molecule has 0 unspecified atom stereocenters. The Kier molecular flexibility index (Phi) is 3.38. The van der Waals surface area contributed by atoms with E-state index in [4.69, 9.17) is 0 Å². The zero-order valence-electron chi connectivity index (χ0n) is 9.61. The van der Waals surface area contributed by atoms with E-state index in [2.05, 4.69) is 35.4 Å². The van der Waals surface area contributed by atoms with Crippen molar-refractivity contribution in [3.8, 4) is 0 Å². The molecule has 1 N–H and O–H groups in total. The molecule has 0 bridgehead atoms. The second kappa shape index (κ2) is 4.77. The van der Waals surface area contributed by atoms with Gasteiger partial charge in [-0.15, -0.1) is 0 Å². The highest BCUT2D eigenvalue weighted by molar-refractivity contribution is 4.99. The standard InChI is InChI=1S/C11H20N4/c1-10-7-13-15(9-10)6-5-14-4-3-12-8-11(14)2/h7,9,11-12H,3-6,8H2,1-2H3/t11-/m1/s1. The second-order valence-corrected chi connectivity index (χ2v) is 4.37. The molecule has 2 heterocycles. The third-order valence-electron chi connectivity index (χ3n) is 3.02. The highest BCUT2D eigenvalue weighted by Gasteiger charge is 2.16. The predicted octanol–water partition coefficient (Wildman–Crippen LogP) is 0.485. The van der Waals surface area contributed by atoms with Crippen molar-refractivity contribution in [3.63, 3.8) is 0 Å². The Labute approximate surface area is 91.3 Å². The number of piperazine rings is 1. The van der Waals surface area contributed by atoms with E-state index in [1.54, 1.807) is 0 Å². The maximum atomic E-state index is 4.30. The molecule has 4 heteroatoms. The second-order valence-electron chi connectivity index (χ2n) is 4.37. The Hall–Kier alpha value is -0.870. The Morgan fingerprint density at radius 1 is 1.53 bits per heavy atom. The summed E-state index contributed by atoms with van der Waals surface area (Å²) in [6.07, 6.45) is 4.02. The molecule has 1 aliphatic rings. The lowest BCUT2D eigenvalue weighted by atomic mass is 10.2. The maximum Gasteiger partial charge on any atom is 0.0536 e. The average molecular weight is 208 g/mol. The minimum Gasteiger partial charge on any atom is -0.314 e. The highest BCUT2D eigenvalue weighted by atomic mass is 15.3. The van der Waals surface area contributed by atoms with Gasteiger partial charge in [0.1, 0.15) is 0 Å². The van der Waals surface area contributed by atoms with E-state index in [0.717, 1.165) is 32.7 Å². The summed E-state index contributed by atoms with van der Waals surface area (Å²) in [5, 5.41) is 7.70. The van der Waals surface area contributed by atoms with Crippen molar-refractivity contribution in [1.82, 2.24) is 20.0 Å². The van der Waals surface area contributed by atoms with Crippen LogP contribution in [0.15, 0.2) is 12.4 Å². The average Bonchev–Trinajstić information content (AvgIpc) is 2.63. The summed E-state index contributed by atoms with van der Waals surface area (Å²) in [5.74, 6) is 0. The van der Waals surface area contributed by atoms with E-state index in [0.29, 0.717) is 6.04 Å². The van der Waals surface area contributed by atoms with Gasteiger partial charge in [-0.1, -0.05) is 0 Å². The molecule has 2 rings (SSSR count). The van der Waals surface area contributed by atoms with E-state index in [1.165, 1.54) is 5.56 Å². The first kappa shape index (κ1) is 10.6. The fourth-order valence-electron chi connectivity index (χ4n) is 2.04. The largest absolute Gasteiger partial charge is 0.314 e. The van der Waals surface area contributed by atoms with Crippen LogP contribution in [0.3, 0.4) is 0 Å². The van der Waals surface area contributed by atoms with Crippen molar-refractivity contribution in [3.05, 3.63) is 18.0 Å². The predicted molar refractivity (Wildman–Crippen MR) is 60.9 cm³/mol. The number of nitrogens with zero attached hydrogens (tertiary/aromatic N) is 3. The molecule has 84 valence electrons. The number of aryl methyl sites for hydroxylation is 1. The topological polar surface area (TPSA) is 33.1 Å². The van der Waals surface area contributed by atoms with Gasteiger partial charge in [0, 0.05) is 38.4 Å². The molecule has 1 aromatic rings. The summed E-state index contributed by atoms with van der Waals surface area (Å²) >= 11 is 0. The van der Waals surface area contributed by atoms with Crippen LogP contribution in [0.4, 0.5) is 0 Å². The zero-order valence-corrected chi connectivity index (χ0v) is 9.61. The molecular weight excluding hydrogens is 188 g/mol. The van der Waals surface area contributed by atoms with Crippen LogP contribution in [0.2, 0.25) is 0 Å². The molecule has 0 aliphatic carbocycles. The van der Waals surface area contributed by atoms with Gasteiger partial charge in [0.2, 0.25) is 0 Å². The molecule has 1 fully saturated rings. The summed E-state index contributed by atoms with van der Waals surface area (Å²) in [5.41, 5.74) is 1.24. The lowest BCUT2D eigenvalue weighted by Crippen LogP contribution is -2.50. The van der Waals surface area contributed by atoms with E-state index in [9.17, 15) is 0 Å². The van der Waals surface area contributed by atoms with E-state index >= 15 is 0 Å². The molecule has 0 saturated carbocycles. The summed E-state index contributed by atoms with van der Waals surface area (Å²) in [6.45, 7) is 9.83. The van der Waals surface area contributed by atoms with Crippen molar-refractivity contribution in [2.75, 3.05) is 26.2 Å². The Balaban J connectivity index is 1.81. The van der Waals surface area contributed by atoms with Crippen LogP contribution in [0.5, 0.6) is 0 Å². The van der Waals surface area contributed by atoms with Crippen LogP contribution in [0, 0.1) is 6.92 Å². The van der Waals surface area contributed by atoms with Crippen molar-refractivity contribution in [2.45, 2.75) is 26.4 Å². The first-order valence-electron chi connectivity index (χ1n) is 5.69. The van der Waals surface area contributed by atoms with Crippen LogP contribution in [0.1, 0.15) is 12.5 Å². The molecular formula is C11H20N4. The summed E-state index contributed by atoms with van der Waals surface area (Å²) < 4.78 is 2.03. The molecule has 0 amide bonds. The number of rotatable bonds is 3. The number of aromatic nitrogens is 2. The van der Waals surface area contributed by atoms with Crippen LogP contribution >= 0.6 is 0 Å². The third-order valence-corrected chi connectivity index (χ3v) is 3.02. The van der Waals surface area contributed by atoms with Crippen LogP contribution in [-0.4, -0.2) is 46.9 Å². The van der Waals surface area contributed by atoms with Gasteiger partial charge in [-0.05, 0) is 19.4 Å². The van der Waals surface area contributed by atoms with E-state index in [1.807, 2.05) is 10.9 Å². The first-order valence-corrected chi connectivity index (χ1v) is 5.69. The molecule has 0 aromatic carbocycles. The fourth-order valence-corrected chi connectivity index (χ4v) is 2.04. The summed E-state index contributed by atoms with van der Waals surface area (Å²) in [4.78, 5) is 2.52. The van der Waals surface area contributed by atoms with Crippen molar-refractivity contribution in [1.29, 1.82) is 0 Å². The Morgan fingerprint density at radius 3 is 3.07 bits per heavy atom. The van der Waals surface area contributed by atoms with Crippen LogP contribution in [0.25, 0.3) is 0 Å². The van der Waals surface area contributed by atoms with Crippen LogP contribution in [-0.2, 0) is 6.54 Å². The molecule has 1 atom stereocenters. The first-order chi connectivity index (χ1) is 7.25. The quantitative estimate of drug-likeness (QED) is 0.784. The van der Waals surface area contributed by atoms with Crippen molar-refractivity contribution in [2.24, 2.45) is 0 Å². The fraction of sp³-hybridized carbons (Fsp3) is 0.727. The maximum absolute atomic E-state index is 4.30.